The molecular weight excluding hydrogens is 308 g/mol. The first-order chi connectivity index (χ1) is 11.3. The Morgan fingerprint density at radius 3 is 2.52 bits per heavy atom. The first-order valence-corrected chi connectivity index (χ1v) is 8.18. The van der Waals surface area contributed by atoms with Gasteiger partial charge in [-0.3, -0.25) is 9.78 Å². The van der Waals surface area contributed by atoms with Crippen LogP contribution in [0.1, 0.15) is 10.4 Å². The number of carbonyl (C=O) groups is 1. The molecule has 0 aliphatic heterocycles. The Kier molecular flexibility index (Phi) is 4.63. The summed E-state index contributed by atoms with van der Waals surface area (Å²) in [5.41, 5.74) is 2.62. The van der Waals surface area contributed by atoms with Gasteiger partial charge < -0.3 is 5.32 Å². The molecule has 0 saturated heterocycles. The lowest BCUT2D eigenvalue weighted by atomic mass is 10.1. The average molecular weight is 322 g/mol. The molecule has 1 aromatic carbocycles. The molecule has 0 radical (unpaired) electrons. The van der Waals surface area contributed by atoms with Crippen LogP contribution in [0.15, 0.2) is 66.2 Å². The van der Waals surface area contributed by atoms with Crippen LogP contribution in [0.5, 0.6) is 0 Å². The van der Waals surface area contributed by atoms with Crippen molar-refractivity contribution in [3.8, 4) is 11.3 Å². The van der Waals surface area contributed by atoms with Gasteiger partial charge in [0.2, 0.25) is 0 Å². The van der Waals surface area contributed by atoms with Gasteiger partial charge in [0.15, 0.2) is 5.16 Å². The Bertz CT molecular complexity index is 809. The second-order valence-electron chi connectivity index (χ2n) is 4.68. The van der Waals surface area contributed by atoms with Crippen molar-refractivity contribution in [2.75, 3.05) is 11.6 Å². The molecule has 0 saturated carbocycles. The minimum Gasteiger partial charge on any atom is -0.322 e. The van der Waals surface area contributed by atoms with Crippen LogP contribution in [0.25, 0.3) is 11.3 Å². The van der Waals surface area contributed by atoms with Crippen LogP contribution < -0.4 is 5.32 Å². The maximum atomic E-state index is 12.6. The number of carbonyl (C=O) groups excluding carboxylic acids is 1. The summed E-state index contributed by atoms with van der Waals surface area (Å²) in [6.45, 7) is 0. The smallest absolute Gasteiger partial charge is 0.259 e. The SMILES string of the molecule is CSc1ncc(C(=O)Nc2ccncc2)c(-c2ccccc2)n1. The summed E-state index contributed by atoms with van der Waals surface area (Å²) in [5.74, 6) is -0.247. The van der Waals surface area contributed by atoms with Gasteiger partial charge in [-0.05, 0) is 18.4 Å². The van der Waals surface area contributed by atoms with Crippen molar-refractivity contribution in [1.82, 2.24) is 15.0 Å². The van der Waals surface area contributed by atoms with Crippen LogP contribution in [-0.4, -0.2) is 27.1 Å². The minimum atomic E-state index is -0.247. The number of nitrogens with one attached hydrogen (secondary N) is 1. The van der Waals surface area contributed by atoms with Gasteiger partial charge in [0.05, 0.1) is 11.3 Å². The van der Waals surface area contributed by atoms with Gasteiger partial charge in [-0.15, -0.1) is 0 Å². The molecule has 0 bridgehead atoms. The molecule has 5 nitrogen and oxygen atoms in total. The van der Waals surface area contributed by atoms with Gasteiger partial charge in [0.25, 0.3) is 5.91 Å². The highest BCUT2D eigenvalue weighted by Crippen LogP contribution is 2.24. The van der Waals surface area contributed by atoms with Gasteiger partial charge >= 0.3 is 0 Å². The Hall–Kier alpha value is -2.73. The van der Waals surface area contributed by atoms with E-state index in [1.807, 2.05) is 36.6 Å². The zero-order valence-corrected chi connectivity index (χ0v) is 13.2. The van der Waals surface area contributed by atoms with Gasteiger partial charge in [-0.25, -0.2) is 9.97 Å². The highest BCUT2D eigenvalue weighted by atomic mass is 32.2. The van der Waals surface area contributed by atoms with E-state index in [1.54, 1.807) is 30.7 Å². The second kappa shape index (κ2) is 7.02. The van der Waals surface area contributed by atoms with Crippen LogP contribution in [0, 0.1) is 0 Å². The number of benzene rings is 1. The number of aromatic nitrogens is 3. The fraction of sp³-hybridized carbons (Fsp3) is 0.0588. The molecule has 6 heteroatoms. The number of hydrogen-bond acceptors (Lipinski definition) is 5. The van der Waals surface area contributed by atoms with Crippen LogP contribution >= 0.6 is 11.8 Å². The van der Waals surface area contributed by atoms with Crippen molar-refractivity contribution in [2.45, 2.75) is 5.16 Å². The fourth-order valence-electron chi connectivity index (χ4n) is 2.08. The third-order valence-electron chi connectivity index (χ3n) is 3.18. The summed E-state index contributed by atoms with van der Waals surface area (Å²) in [6, 6.07) is 13.1. The number of amides is 1. The van der Waals surface area contributed by atoms with Crippen molar-refractivity contribution in [3.05, 3.63) is 66.6 Å². The van der Waals surface area contributed by atoms with Gasteiger partial charge in [0, 0.05) is 29.8 Å². The van der Waals surface area contributed by atoms with E-state index in [4.69, 9.17) is 0 Å². The average Bonchev–Trinajstić information content (AvgIpc) is 2.62. The predicted octanol–water partition coefficient (Wildman–Crippen LogP) is 3.51. The lowest BCUT2D eigenvalue weighted by molar-refractivity contribution is 0.102. The van der Waals surface area contributed by atoms with Crippen molar-refractivity contribution in [2.24, 2.45) is 0 Å². The largest absolute Gasteiger partial charge is 0.322 e. The molecule has 23 heavy (non-hydrogen) atoms. The molecule has 0 aliphatic rings. The Balaban J connectivity index is 2.00. The zero-order chi connectivity index (χ0) is 16.1. The van der Waals surface area contributed by atoms with Crippen LogP contribution in [-0.2, 0) is 0 Å². The van der Waals surface area contributed by atoms with E-state index in [1.165, 1.54) is 11.8 Å². The van der Waals surface area contributed by atoms with Crippen molar-refractivity contribution < 1.29 is 4.79 Å². The number of anilines is 1. The van der Waals surface area contributed by atoms with Crippen molar-refractivity contribution >= 4 is 23.4 Å². The Morgan fingerprint density at radius 1 is 1.09 bits per heavy atom. The standard InChI is InChI=1S/C17H14N4OS/c1-23-17-19-11-14(15(21-17)12-5-3-2-4-6-12)16(22)20-13-7-9-18-10-8-13/h2-11H,1H3,(H,18,20,22). The van der Waals surface area contributed by atoms with E-state index in [2.05, 4.69) is 20.3 Å². The molecule has 3 aromatic rings. The van der Waals surface area contributed by atoms with Gasteiger partial charge in [-0.2, -0.15) is 0 Å². The molecule has 2 aromatic heterocycles. The summed E-state index contributed by atoms with van der Waals surface area (Å²) >= 11 is 1.44. The van der Waals surface area contributed by atoms with Crippen molar-refractivity contribution in [3.63, 3.8) is 0 Å². The number of thioether (sulfide) groups is 1. The fourth-order valence-corrected chi connectivity index (χ4v) is 2.42. The maximum absolute atomic E-state index is 12.6. The van der Waals surface area contributed by atoms with Crippen LogP contribution in [0.2, 0.25) is 0 Å². The molecular formula is C17H14N4OS. The lowest BCUT2D eigenvalue weighted by Gasteiger charge is -2.10. The number of nitrogens with zero attached hydrogens (tertiary/aromatic N) is 3. The number of pyridine rings is 1. The third-order valence-corrected chi connectivity index (χ3v) is 3.74. The molecule has 0 fully saturated rings. The lowest BCUT2D eigenvalue weighted by Crippen LogP contribution is -2.14. The zero-order valence-electron chi connectivity index (χ0n) is 12.4. The molecule has 1 amide bonds. The maximum Gasteiger partial charge on any atom is 0.259 e. The van der Waals surface area contributed by atoms with E-state index in [-0.39, 0.29) is 5.91 Å². The summed E-state index contributed by atoms with van der Waals surface area (Å²) in [5, 5.41) is 3.47. The van der Waals surface area contributed by atoms with Crippen LogP contribution in [0.4, 0.5) is 5.69 Å². The quantitative estimate of drug-likeness (QED) is 0.588. The second-order valence-corrected chi connectivity index (χ2v) is 5.45. The third kappa shape index (κ3) is 3.54. The number of rotatable bonds is 4. The molecule has 0 unspecified atom stereocenters. The molecule has 0 spiro atoms. The molecule has 1 N–H and O–H groups in total. The molecule has 114 valence electrons. The monoisotopic (exact) mass is 322 g/mol. The minimum absolute atomic E-state index is 0.247. The highest BCUT2D eigenvalue weighted by Gasteiger charge is 2.16. The Labute approximate surface area is 138 Å². The summed E-state index contributed by atoms with van der Waals surface area (Å²) < 4.78 is 0. The van der Waals surface area contributed by atoms with E-state index in [0.29, 0.717) is 22.1 Å². The topological polar surface area (TPSA) is 67.8 Å². The predicted molar refractivity (Wildman–Crippen MR) is 91.4 cm³/mol. The summed E-state index contributed by atoms with van der Waals surface area (Å²) in [7, 11) is 0. The molecule has 3 rings (SSSR count). The van der Waals surface area contributed by atoms with E-state index in [9.17, 15) is 4.79 Å². The van der Waals surface area contributed by atoms with Crippen molar-refractivity contribution in [1.29, 1.82) is 0 Å². The van der Waals surface area contributed by atoms with E-state index in [0.717, 1.165) is 5.56 Å². The normalized spacial score (nSPS) is 10.3. The van der Waals surface area contributed by atoms with Gasteiger partial charge in [0.1, 0.15) is 0 Å². The first-order valence-electron chi connectivity index (χ1n) is 6.96. The summed E-state index contributed by atoms with van der Waals surface area (Å²) in [6.07, 6.45) is 6.72. The molecule has 0 aliphatic carbocycles. The molecule has 0 atom stereocenters. The van der Waals surface area contributed by atoms with E-state index >= 15 is 0 Å². The first kappa shape index (κ1) is 15.2. The van der Waals surface area contributed by atoms with E-state index < -0.39 is 0 Å². The number of hydrogen-bond donors (Lipinski definition) is 1. The molecule has 2 heterocycles. The Morgan fingerprint density at radius 2 is 1.83 bits per heavy atom. The highest BCUT2D eigenvalue weighted by molar-refractivity contribution is 7.98. The van der Waals surface area contributed by atoms with Gasteiger partial charge in [-0.1, -0.05) is 42.1 Å². The van der Waals surface area contributed by atoms with Crippen LogP contribution in [0.3, 0.4) is 0 Å². The summed E-state index contributed by atoms with van der Waals surface area (Å²) in [4.78, 5) is 25.3.